The van der Waals surface area contributed by atoms with Crippen molar-refractivity contribution in [3.05, 3.63) is 47.8 Å². The molecule has 122 valence electrons. The van der Waals surface area contributed by atoms with E-state index in [1.807, 2.05) is 53.9 Å². The topological polar surface area (TPSA) is 50.2 Å². The molecule has 1 aliphatic heterocycles. The van der Waals surface area contributed by atoms with E-state index in [9.17, 15) is 4.79 Å². The maximum absolute atomic E-state index is 12.9. The number of carbonyl (C=O) groups is 1. The van der Waals surface area contributed by atoms with Crippen LogP contribution in [0.15, 0.2) is 36.5 Å². The summed E-state index contributed by atoms with van der Waals surface area (Å²) in [6.07, 6.45) is 3.96. The van der Waals surface area contributed by atoms with Gasteiger partial charge in [0.05, 0.1) is 23.1 Å². The van der Waals surface area contributed by atoms with Gasteiger partial charge in [0.1, 0.15) is 0 Å². The van der Waals surface area contributed by atoms with Crippen LogP contribution in [0.5, 0.6) is 0 Å². The van der Waals surface area contributed by atoms with E-state index in [-0.39, 0.29) is 5.91 Å². The molecule has 2 heterocycles. The summed E-state index contributed by atoms with van der Waals surface area (Å²) in [7, 11) is 1.97. The second-order valence-electron chi connectivity index (χ2n) is 6.21. The minimum absolute atomic E-state index is 0.102. The molecule has 1 amide bonds. The molecule has 1 unspecified atom stereocenters. The molecule has 1 aromatic carbocycles. The van der Waals surface area contributed by atoms with E-state index >= 15 is 0 Å². The molecular formula is C18H24N4O. The largest absolute Gasteiger partial charge is 0.338 e. The first kappa shape index (κ1) is 15.7. The molecule has 0 saturated carbocycles. The molecule has 0 spiro atoms. The molecule has 3 rings (SSSR count). The highest BCUT2D eigenvalue weighted by Crippen LogP contribution is 2.20. The predicted octanol–water partition coefficient (Wildman–Crippen LogP) is 2.25. The lowest BCUT2D eigenvalue weighted by Crippen LogP contribution is -2.42. The van der Waals surface area contributed by atoms with Crippen molar-refractivity contribution in [2.45, 2.75) is 19.8 Å². The van der Waals surface area contributed by atoms with Crippen LogP contribution < -0.4 is 5.32 Å². The number of rotatable bonds is 4. The summed E-state index contributed by atoms with van der Waals surface area (Å²) in [5.74, 6) is 0.646. The predicted molar refractivity (Wildman–Crippen MR) is 90.9 cm³/mol. The molecule has 0 bridgehead atoms. The lowest BCUT2D eigenvalue weighted by molar-refractivity contribution is 0.0673. The van der Waals surface area contributed by atoms with Gasteiger partial charge >= 0.3 is 0 Å². The van der Waals surface area contributed by atoms with Crippen LogP contribution >= 0.6 is 0 Å². The molecule has 2 aromatic rings. The highest BCUT2D eigenvalue weighted by atomic mass is 16.2. The first-order valence-corrected chi connectivity index (χ1v) is 8.24. The van der Waals surface area contributed by atoms with Crippen molar-refractivity contribution < 1.29 is 4.79 Å². The van der Waals surface area contributed by atoms with Crippen LogP contribution in [0, 0.1) is 12.8 Å². The van der Waals surface area contributed by atoms with Gasteiger partial charge in [0.2, 0.25) is 0 Å². The van der Waals surface area contributed by atoms with Gasteiger partial charge in [-0.15, -0.1) is 0 Å². The molecule has 1 saturated heterocycles. The van der Waals surface area contributed by atoms with Crippen LogP contribution in [-0.4, -0.2) is 47.3 Å². The lowest BCUT2D eigenvalue weighted by atomic mass is 9.97. The Hall–Kier alpha value is -2.14. The number of amides is 1. The van der Waals surface area contributed by atoms with Crippen molar-refractivity contribution >= 4 is 5.91 Å². The molecular weight excluding hydrogens is 288 g/mol. The zero-order valence-corrected chi connectivity index (χ0v) is 13.8. The van der Waals surface area contributed by atoms with Crippen LogP contribution in [0.4, 0.5) is 0 Å². The van der Waals surface area contributed by atoms with Crippen molar-refractivity contribution in [1.29, 1.82) is 0 Å². The Labute approximate surface area is 137 Å². The normalized spacial score (nSPS) is 18.2. The maximum atomic E-state index is 12.9. The fraction of sp³-hybridized carbons (Fsp3) is 0.444. The number of hydrogen-bond acceptors (Lipinski definition) is 3. The third-order valence-electron chi connectivity index (χ3n) is 4.54. The second kappa shape index (κ2) is 6.96. The van der Waals surface area contributed by atoms with Crippen molar-refractivity contribution in [2.75, 3.05) is 26.7 Å². The quantitative estimate of drug-likeness (QED) is 0.942. The van der Waals surface area contributed by atoms with Crippen molar-refractivity contribution in [1.82, 2.24) is 20.0 Å². The summed E-state index contributed by atoms with van der Waals surface area (Å²) in [6, 6.07) is 9.93. The van der Waals surface area contributed by atoms with Gasteiger partial charge in [-0.25, -0.2) is 4.68 Å². The first-order valence-electron chi connectivity index (χ1n) is 8.24. The van der Waals surface area contributed by atoms with Crippen LogP contribution in [0.2, 0.25) is 0 Å². The third-order valence-corrected chi connectivity index (χ3v) is 4.54. The van der Waals surface area contributed by atoms with Gasteiger partial charge < -0.3 is 10.2 Å². The summed E-state index contributed by atoms with van der Waals surface area (Å²) in [4.78, 5) is 14.8. The number of hydrogen-bond donors (Lipinski definition) is 1. The SMILES string of the molecule is CNCC1CCCN(C(=O)c2cnn(-c3ccccc3)c2C)C1. The highest BCUT2D eigenvalue weighted by Gasteiger charge is 2.26. The number of piperidine rings is 1. The van der Waals surface area contributed by atoms with Crippen LogP contribution in [0.3, 0.4) is 0 Å². The second-order valence-corrected chi connectivity index (χ2v) is 6.21. The first-order chi connectivity index (χ1) is 11.2. The van der Waals surface area contributed by atoms with Crippen molar-refractivity contribution in [3.8, 4) is 5.69 Å². The van der Waals surface area contributed by atoms with E-state index in [1.54, 1.807) is 6.20 Å². The van der Waals surface area contributed by atoms with Crippen LogP contribution in [-0.2, 0) is 0 Å². The zero-order chi connectivity index (χ0) is 16.2. The molecule has 1 aliphatic rings. The fourth-order valence-corrected chi connectivity index (χ4v) is 3.32. The van der Waals surface area contributed by atoms with Crippen LogP contribution in [0.25, 0.3) is 5.69 Å². The van der Waals surface area contributed by atoms with Gasteiger partial charge in [-0.05, 0) is 51.4 Å². The van der Waals surface area contributed by atoms with Gasteiger partial charge in [-0.1, -0.05) is 18.2 Å². The average Bonchev–Trinajstić information content (AvgIpc) is 2.97. The molecule has 23 heavy (non-hydrogen) atoms. The summed E-state index contributed by atoms with van der Waals surface area (Å²) in [6.45, 7) is 4.60. The molecule has 0 radical (unpaired) electrons. The minimum Gasteiger partial charge on any atom is -0.338 e. The Balaban J connectivity index is 1.79. The number of nitrogens with zero attached hydrogens (tertiary/aromatic N) is 3. The number of likely N-dealkylation sites (tertiary alicyclic amines) is 1. The van der Waals surface area contributed by atoms with E-state index in [1.165, 1.54) is 6.42 Å². The summed E-state index contributed by atoms with van der Waals surface area (Å²) >= 11 is 0. The molecule has 5 heteroatoms. The van der Waals surface area contributed by atoms with E-state index in [4.69, 9.17) is 0 Å². The monoisotopic (exact) mass is 312 g/mol. The Kier molecular flexibility index (Phi) is 4.76. The van der Waals surface area contributed by atoms with Gasteiger partial charge in [0, 0.05) is 13.1 Å². The lowest BCUT2D eigenvalue weighted by Gasteiger charge is -2.32. The van der Waals surface area contributed by atoms with E-state index in [2.05, 4.69) is 10.4 Å². The molecule has 1 aromatic heterocycles. The Bertz CT molecular complexity index is 663. The van der Waals surface area contributed by atoms with Crippen molar-refractivity contribution in [3.63, 3.8) is 0 Å². The number of para-hydroxylation sites is 1. The number of nitrogens with one attached hydrogen (secondary N) is 1. The van der Waals surface area contributed by atoms with E-state index in [0.717, 1.165) is 37.4 Å². The third kappa shape index (κ3) is 3.29. The highest BCUT2D eigenvalue weighted by molar-refractivity contribution is 5.95. The summed E-state index contributed by atoms with van der Waals surface area (Å²) in [5, 5.41) is 7.63. The van der Waals surface area contributed by atoms with Gasteiger partial charge in [0.25, 0.3) is 5.91 Å². The summed E-state index contributed by atoms with van der Waals surface area (Å²) in [5.41, 5.74) is 2.59. The molecule has 0 aliphatic carbocycles. The van der Waals surface area contributed by atoms with Gasteiger partial charge in [-0.3, -0.25) is 4.79 Å². The molecule has 5 nitrogen and oxygen atoms in total. The Morgan fingerprint density at radius 1 is 1.35 bits per heavy atom. The maximum Gasteiger partial charge on any atom is 0.257 e. The Morgan fingerprint density at radius 3 is 2.87 bits per heavy atom. The summed E-state index contributed by atoms with van der Waals surface area (Å²) < 4.78 is 1.84. The fourth-order valence-electron chi connectivity index (χ4n) is 3.32. The van der Waals surface area contributed by atoms with Gasteiger partial charge in [-0.2, -0.15) is 5.10 Å². The van der Waals surface area contributed by atoms with Crippen LogP contribution in [0.1, 0.15) is 28.9 Å². The zero-order valence-electron chi connectivity index (χ0n) is 13.8. The number of aromatic nitrogens is 2. The molecule has 1 N–H and O–H groups in total. The standard InChI is InChI=1S/C18H24N4O/c1-14-17(12-20-22(14)16-8-4-3-5-9-16)18(23)21-10-6-7-15(13-21)11-19-2/h3-5,8-9,12,15,19H,6-7,10-11,13H2,1-2H3. The van der Waals surface area contributed by atoms with E-state index in [0.29, 0.717) is 11.5 Å². The Morgan fingerprint density at radius 2 is 2.13 bits per heavy atom. The number of carbonyl (C=O) groups excluding carboxylic acids is 1. The minimum atomic E-state index is 0.102. The molecule has 1 atom stereocenters. The van der Waals surface area contributed by atoms with Gasteiger partial charge in [0.15, 0.2) is 0 Å². The number of benzene rings is 1. The molecule has 1 fully saturated rings. The van der Waals surface area contributed by atoms with Crippen molar-refractivity contribution in [2.24, 2.45) is 5.92 Å². The average molecular weight is 312 g/mol. The smallest absolute Gasteiger partial charge is 0.257 e. The van der Waals surface area contributed by atoms with E-state index < -0.39 is 0 Å².